The van der Waals surface area contributed by atoms with Crippen LogP contribution in [-0.2, 0) is 0 Å². The SMILES string of the molecule is N#Cc1c(Cl)cc2cccnc2c1F. The van der Waals surface area contributed by atoms with Gasteiger partial charge in [-0.2, -0.15) is 5.26 Å². The van der Waals surface area contributed by atoms with Crippen LogP contribution in [0.2, 0.25) is 5.02 Å². The van der Waals surface area contributed by atoms with E-state index in [9.17, 15) is 4.39 Å². The summed E-state index contributed by atoms with van der Waals surface area (Å²) in [4.78, 5) is 3.85. The van der Waals surface area contributed by atoms with Gasteiger partial charge in [0.2, 0.25) is 0 Å². The number of benzene rings is 1. The number of fused-ring (bicyclic) bond motifs is 1. The van der Waals surface area contributed by atoms with Crippen LogP contribution in [0.15, 0.2) is 24.4 Å². The second-order valence-corrected chi connectivity index (χ2v) is 3.14. The van der Waals surface area contributed by atoms with Crippen molar-refractivity contribution in [3.8, 4) is 6.07 Å². The molecular weight excluding hydrogens is 203 g/mol. The molecule has 0 saturated carbocycles. The van der Waals surface area contributed by atoms with E-state index in [1.165, 1.54) is 12.3 Å². The molecule has 0 amide bonds. The summed E-state index contributed by atoms with van der Waals surface area (Å²) >= 11 is 5.72. The summed E-state index contributed by atoms with van der Waals surface area (Å²) in [6, 6.07) is 6.62. The summed E-state index contributed by atoms with van der Waals surface area (Å²) in [6.07, 6.45) is 1.47. The monoisotopic (exact) mass is 206 g/mol. The number of nitrogens with zero attached hydrogens (tertiary/aromatic N) is 2. The molecule has 1 heterocycles. The van der Waals surface area contributed by atoms with Gasteiger partial charge in [-0.3, -0.25) is 4.98 Å². The highest BCUT2D eigenvalue weighted by atomic mass is 35.5. The van der Waals surface area contributed by atoms with Gasteiger partial charge in [0.1, 0.15) is 17.1 Å². The number of halogens is 2. The third-order valence-corrected chi connectivity index (χ3v) is 2.20. The minimum atomic E-state index is -0.657. The van der Waals surface area contributed by atoms with Gasteiger partial charge in [-0.25, -0.2) is 4.39 Å². The highest BCUT2D eigenvalue weighted by Gasteiger charge is 2.12. The first-order valence-electron chi connectivity index (χ1n) is 3.87. The lowest BCUT2D eigenvalue weighted by molar-refractivity contribution is 0.633. The first-order chi connectivity index (χ1) is 6.74. The molecule has 0 unspecified atom stereocenters. The predicted molar refractivity (Wildman–Crippen MR) is 51.4 cm³/mol. The number of hydrogen-bond acceptors (Lipinski definition) is 2. The molecule has 0 N–H and O–H groups in total. The largest absolute Gasteiger partial charge is 0.253 e. The second-order valence-electron chi connectivity index (χ2n) is 2.73. The maximum Gasteiger partial charge on any atom is 0.168 e. The fourth-order valence-electron chi connectivity index (χ4n) is 1.25. The molecule has 2 aromatic rings. The van der Waals surface area contributed by atoms with Crippen LogP contribution in [0.4, 0.5) is 4.39 Å². The lowest BCUT2D eigenvalue weighted by atomic mass is 10.1. The van der Waals surface area contributed by atoms with Crippen molar-refractivity contribution >= 4 is 22.5 Å². The van der Waals surface area contributed by atoms with Gasteiger partial charge in [0.15, 0.2) is 5.82 Å². The highest BCUT2D eigenvalue weighted by Crippen LogP contribution is 2.25. The molecule has 0 aliphatic heterocycles. The third-order valence-electron chi connectivity index (χ3n) is 1.90. The number of aromatic nitrogens is 1. The van der Waals surface area contributed by atoms with Gasteiger partial charge in [0, 0.05) is 11.6 Å². The lowest BCUT2D eigenvalue weighted by Gasteiger charge is -2.01. The molecule has 2 nitrogen and oxygen atoms in total. The van der Waals surface area contributed by atoms with Crippen LogP contribution >= 0.6 is 11.6 Å². The Labute approximate surface area is 84.6 Å². The maximum atomic E-state index is 13.6. The number of hydrogen-bond donors (Lipinski definition) is 0. The quantitative estimate of drug-likeness (QED) is 0.665. The van der Waals surface area contributed by atoms with E-state index in [1.54, 1.807) is 18.2 Å². The van der Waals surface area contributed by atoms with Crippen molar-refractivity contribution in [3.05, 3.63) is 40.8 Å². The Balaban J connectivity index is 2.95. The lowest BCUT2D eigenvalue weighted by Crippen LogP contribution is -1.90. The zero-order valence-electron chi connectivity index (χ0n) is 6.96. The maximum absolute atomic E-state index is 13.6. The van der Waals surface area contributed by atoms with Gasteiger partial charge in [-0.05, 0) is 12.1 Å². The molecule has 0 bridgehead atoms. The van der Waals surface area contributed by atoms with Gasteiger partial charge in [0.05, 0.1) is 5.02 Å². The van der Waals surface area contributed by atoms with Gasteiger partial charge < -0.3 is 0 Å². The molecule has 2 rings (SSSR count). The average Bonchev–Trinajstić information content (AvgIpc) is 2.18. The molecule has 0 aliphatic rings. The van der Waals surface area contributed by atoms with E-state index in [2.05, 4.69) is 4.98 Å². The third kappa shape index (κ3) is 1.21. The van der Waals surface area contributed by atoms with Crippen LogP contribution in [0, 0.1) is 17.1 Å². The van der Waals surface area contributed by atoms with Crippen LogP contribution in [0.1, 0.15) is 5.56 Å². The summed E-state index contributed by atoms with van der Waals surface area (Å²) < 4.78 is 13.6. The molecule has 0 spiro atoms. The highest BCUT2D eigenvalue weighted by molar-refractivity contribution is 6.32. The normalized spacial score (nSPS) is 10.1. The second kappa shape index (κ2) is 3.24. The zero-order valence-corrected chi connectivity index (χ0v) is 7.72. The summed E-state index contributed by atoms with van der Waals surface area (Å²) in [5.41, 5.74) is 0.0197. The van der Waals surface area contributed by atoms with Crippen molar-refractivity contribution in [1.82, 2.24) is 4.98 Å². The fraction of sp³-hybridized carbons (Fsp3) is 0. The fourth-order valence-corrected chi connectivity index (χ4v) is 1.49. The van der Waals surface area contributed by atoms with Crippen LogP contribution in [0.3, 0.4) is 0 Å². The van der Waals surface area contributed by atoms with E-state index in [-0.39, 0.29) is 16.1 Å². The van der Waals surface area contributed by atoms with E-state index >= 15 is 0 Å². The zero-order chi connectivity index (χ0) is 10.1. The van der Waals surface area contributed by atoms with Crippen molar-refractivity contribution in [2.24, 2.45) is 0 Å². The molecule has 0 saturated heterocycles. The minimum Gasteiger partial charge on any atom is -0.253 e. The number of rotatable bonds is 0. The average molecular weight is 207 g/mol. The standard InChI is InChI=1S/C10H4ClFN2/c11-8-4-6-2-1-3-14-10(6)9(12)7(8)5-13/h1-4H. The molecule has 1 aromatic carbocycles. The number of pyridine rings is 1. The summed E-state index contributed by atoms with van der Waals surface area (Å²) in [5.74, 6) is -0.657. The van der Waals surface area contributed by atoms with E-state index in [4.69, 9.17) is 16.9 Å². The summed E-state index contributed by atoms with van der Waals surface area (Å²) in [7, 11) is 0. The van der Waals surface area contributed by atoms with Crippen LogP contribution in [0.5, 0.6) is 0 Å². The van der Waals surface area contributed by atoms with Crippen molar-refractivity contribution in [1.29, 1.82) is 5.26 Å². The topological polar surface area (TPSA) is 36.7 Å². The van der Waals surface area contributed by atoms with Crippen molar-refractivity contribution < 1.29 is 4.39 Å². The summed E-state index contributed by atoms with van der Waals surface area (Å²) in [5, 5.41) is 9.36. The molecule has 0 aliphatic carbocycles. The minimum absolute atomic E-state index is 0.116. The van der Waals surface area contributed by atoms with E-state index in [0.717, 1.165) is 0 Å². The van der Waals surface area contributed by atoms with Crippen molar-refractivity contribution in [2.75, 3.05) is 0 Å². The van der Waals surface area contributed by atoms with E-state index in [0.29, 0.717) is 5.39 Å². The molecule has 1 aromatic heterocycles. The Morgan fingerprint density at radius 2 is 2.29 bits per heavy atom. The van der Waals surface area contributed by atoms with Gasteiger partial charge in [-0.1, -0.05) is 17.7 Å². The molecule has 14 heavy (non-hydrogen) atoms. The Morgan fingerprint density at radius 3 is 3.00 bits per heavy atom. The molecule has 0 fully saturated rings. The van der Waals surface area contributed by atoms with Crippen LogP contribution in [0.25, 0.3) is 10.9 Å². The molecule has 0 radical (unpaired) electrons. The Kier molecular flexibility index (Phi) is 2.06. The molecule has 0 atom stereocenters. The predicted octanol–water partition coefficient (Wildman–Crippen LogP) is 2.90. The summed E-state index contributed by atoms with van der Waals surface area (Å²) in [6.45, 7) is 0. The molecule has 4 heteroatoms. The van der Waals surface area contributed by atoms with E-state index in [1.807, 2.05) is 0 Å². The van der Waals surface area contributed by atoms with E-state index < -0.39 is 5.82 Å². The first kappa shape index (κ1) is 8.92. The van der Waals surface area contributed by atoms with Crippen LogP contribution < -0.4 is 0 Å². The van der Waals surface area contributed by atoms with Crippen molar-refractivity contribution in [2.45, 2.75) is 0 Å². The molecule has 68 valence electrons. The van der Waals surface area contributed by atoms with Gasteiger partial charge >= 0.3 is 0 Å². The molecular formula is C10H4ClFN2. The van der Waals surface area contributed by atoms with Gasteiger partial charge in [-0.15, -0.1) is 0 Å². The first-order valence-corrected chi connectivity index (χ1v) is 4.24. The van der Waals surface area contributed by atoms with Gasteiger partial charge in [0.25, 0.3) is 0 Å². The Bertz CT molecular complexity index is 546. The van der Waals surface area contributed by atoms with Crippen LogP contribution in [-0.4, -0.2) is 4.98 Å². The van der Waals surface area contributed by atoms with Crippen molar-refractivity contribution in [3.63, 3.8) is 0 Å². The Morgan fingerprint density at radius 1 is 1.50 bits per heavy atom. The number of nitriles is 1. The smallest absolute Gasteiger partial charge is 0.168 e. The Hall–Kier alpha value is -1.66.